The van der Waals surface area contributed by atoms with Gasteiger partial charge in [-0.25, -0.2) is 4.98 Å². The average molecular weight is 288 g/mol. The second-order valence-electron chi connectivity index (χ2n) is 2.71. The van der Waals surface area contributed by atoms with Crippen molar-refractivity contribution in [2.24, 2.45) is 0 Å². The van der Waals surface area contributed by atoms with E-state index in [0.29, 0.717) is 21.2 Å². The summed E-state index contributed by atoms with van der Waals surface area (Å²) >= 11 is 4.36. The third-order valence-electron chi connectivity index (χ3n) is 1.65. The number of hydrogen-bond donors (Lipinski definition) is 1. The van der Waals surface area contributed by atoms with Gasteiger partial charge in [0.05, 0.1) is 12.9 Å². The van der Waals surface area contributed by atoms with Crippen LogP contribution in [0.2, 0.25) is 0 Å². The maximum absolute atomic E-state index is 11.6. The first-order chi connectivity index (χ1) is 7.16. The highest BCUT2D eigenvalue weighted by molar-refractivity contribution is 9.10. The van der Waals surface area contributed by atoms with Crippen LogP contribution in [0.25, 0.3) is 0 Å². The Hall–Kier alpha value is -1.28. The molecule has 0 unspecified atom stereocenters. The highest BCUT2D eigenvalue weighted by Crippen LogP contribution is 2.11. The van der Waals surface area contributed by atoms with Gasteiger partial charge in [-0.1, -0.05) is 11.3 Å². The third-order valence-corrected chi connectivity index (χ3v) is 2.93. The first kappa shape index (κ1) is 10.2. The van der Waals surface area contributed by atoms with Crippen molar-refractivity contribution in [1.82, 2.24) is 19.7 Å². The van der Waals surface area contributed by atoms with Crippen LogP contribution in [0.5, 0.6) is 0 Å². The van der Waals surface area contributed by atoms with Crippen molar-refractivity contribution in [1.29, 1.82) is 0 Å². The molecule has 2 aromatic rings. The fraction of sp³-hybridized carbons (Fsp3) is 0.143. The molecule has 0 aliphatic rings. The van der Waals surface area contributed by atoms with Crippen LogP contribution in [0, 0.1) is 0 Å². The van der Waals surface area contributed by atoms with Gasteiger partial charge in [0.25, 0.3) is 5.56 Å². The highest BCUT2D eigenvalue weighted by Gasteiger charge is 2.05. The molecule has 2 aromatic heterocycles. The zero-order valence-corrected chi connectivity index (χ0v) is 9.82. The maximum atomic E-state index is 11.6. The lowest BCUT2D eigenvalue weighted by Gasteiger charge is -2.00. The lowest BCUT2D eigenvalue weighted by molar-refractivity contribution is 0.719. The largest absolute Gasteiger partial charge is 0.374 e. The van der Waals surface area contributed by atoms with E-state index in [-0.39, 0.29) is 5.56 Å². The highest BCUT2D eigenvalue weighted by atomic mass is 79.9. The van der Waals surface area contributed by atoms with Gasteiger partial charge in [0.1, 0.15) is 9.48 Å². The van der Waals surface area contributed by atoms with E-state index in [4.69, 9.17) is 5.73 Å². The molecule has 0 saturated carbocycles. The van der Waals surface area contributed by atoms with Crippen molar-refractivity contribution < 1.29 is 0 Å². The molecule has 0 spiro atoms. The number of hydrogen-bond acceptors (Lipinski definition) is 6. The molecule has 0 fully saturated rings. The molecule has 6 nitrogen and oxygen atoms in total. The summed E-state index contributed by atoms with van der Waals surface area (Å²) in [6, 6.07) is 0. The summed E-state index contributed by atoms with van der Waals surface area (Å²) in [4.78, 5) is 15.5. The van der Waals surface area contributed by atoms with Gasteiger partial charge in [-0.15, -0.1) is 10.2 Å². The van der Waals surface area contributed by atoms with Crippen LogP contribution in [0.15, 0.2) is 21.8 Å². The minimum absolute atomic E-state index is 0.154. The number of rotatable bonds is 2. The SMILES string of the molecule is Nc1nnc(Cn2cncc(Br)c2=O)s1. The Morgan fingerprint density at radius 2 is 2.33 bits per heavy atom. The topological polar surface area (TPSA) is 86.7 Å². The number of anilines is 1. The van der Waals surface area contributed by atoms with Crippen LogP contribution in [0.1, 0.15) is 5.01 Å². The lowest BCUT2D eigenvalue weighted by atomic mass is 10.6. The zero-order chi connectivity index (χ0) is 10.8. The third kappa shape index (κ3) is 2.21. The molecule has 78 valence electrons. The minimum Gasteiger partial charge on any atom is -0.374 e. The smallest absolute Gasteiger partial charge is 0.267 e. The molecular weight excluding hydrogens is 282 g/mol. The Labute approximate surface area is 96.9 Å². The first-order valence-corrected chi connectivity index (χ1v) is 5.55. The Morgan fingerprint density at radius 3 is 3.00 bits per heavy atom. The molecule has 2 N–H and O–H groups in total. The molecule has 0 aliphatic heterocycles. The fourth-order valence-corrected chi connectivity index (χ4v) is 1.97. The van der Waals surface area contributed by atoms with E-state index >= 15 is 0 Å². The summed E-state index contributed by atoms with van der Waals surface area (Å²) in [5, 5.41) is 8.55. The normalized spacial score (nSPS) is 10.5. The number of nitrogens with zero attached hydrogens (tertiary/aromatic N) is 4. The summed E-state index contributed by atoms with van der Waals surface area (Å²) in [6.07, 6.45) is 2.90. The average Bonchev–Trinajstić information content (AvgIpc) is 2.59. The summed E-state index contributed by atoms with van der Waals surface area (Å²) in [7, 11) is 0. The summed E-state index contributed by atoms with van der Waals surface area (Å²) in [5.41, 5.74) is 5.28. The molecule has 8 heteroatoms. The van der Waals surface area contributed by atoms with Crippen LogP contribution in [-0.4, -0.2) is 19.7 Å². The minimum atomic E-state index is -0.154. The van der Waals surface area contributed by atoms with Crippen LogP contribution < -0.4 is 11.3 Å². The van der Waals surface area contributed by atoms with Gasteiger partial charge >= 0.3 is 0 Å². The number of nitrogen functional groups attached to an aromatic ring is 1. The molecule has 0 aromatic carbocycles. The monoisotopic (exact) mass is 287 g/mol. The molecule has 0 radical (unpaired) electrons. The van der Waals surface area contributed by atoms with Crippen LogP contribution >= 0.6 is 27.3 Å². The summed E-state index contributed by atoms with van der Waals surface area (Å²) < 4.78 is 1.85. The van der Waals surface area contributed by atoms with E-state index in [1.54, 1.807) is 0 Å². The standard InChI is InChI=1S/C7H6BrN5OS/c8-4-1-10-3-13(6(4)14)2-5-11-12-7(9)15-5/h1,3H,2H2,(H2,9,12). The Balaban J connectivity index is 2.32. The number of halogens is 1. The van der Waals surface area contributed by atoms with Gasteiger partial charge < -0.3 is 5.73 Å². The predicted octanol–water partition coefficient (Wildman–Crippen LogP) is 0.488. The molecule has 0 atom stereocenters. The van der Waals surface area contributed by atoms with Crippen LogP contribution in [0.4, 0.5) is 5.13 Å². The molecule has 15 heavy (non-hydrogen) atoms. The second kappa shape index (κ2) is 4.07. The Bertz CT molecular complexity index is 536. The van der Waals surface area contributed by atoms with Crippen molar-refractivity contribution in [3.8, 4) is 0 Å². The molecule has 0 bridgehead atoms. The molecule has 0 amide bonds. The Kier molecular flexibility index (Phi) is 2.78. The molecule has 2 rings (SSSR count). The van der Waals surface area contributed by atoms with Gasteiger partial charge in [-0.3, -0.25) is 9.36 Å². The fourth-order valence-electron chi connectivity index (χ4n) is 1.01. The van der Waals surface area contributed by atoms with E-state index in [0.717, 1.165) is 0 Å². The zero-order valence-electron chi connectivity index (χ0n) is 7.42. The maximum Gasteiger partial charge on any atom is 0.267 e. The first-order valence-electron chi connectivity index (χ1n) is 3.94. The van der Waals surface area contributed by atoms with Crippen molar-refractivity contribution >= 4 is 32.4 Å². The van der Waals surface area contributed by atoms with E-state index in [2.05, 4.69) is 31.1 Å². The van der Waals surface area contributed by atoms with E-state index < -0.39 is 0 Å². The van der Waals surface area contributed by atoms with E-state index in [1.807, 2.05) is 0 Å². The van der Waals surface area contributed by atoms with Crippen molar-refractivity contribution in [2.45, 2.75) is 6.54 Å². The van der Waals surface area contributed by atoms with Gasteiger partial charge in [0.15, 0.2) is 0 Å². The van der Waals surface area contributed by atoms with Crippen molar-refractivity contribution in [2.75, 3.05) is 5.73 Å². The Morgan fingerprint density at radius 1 is 1.53 bits per heavy atom. The van der Waals surface area contributed by atoms with Crippen molar-refractivity contribution in [3.05, 3.63) is 32.4 Å². The van der Waals surface area contributed by atoms with Crippen molar-refractivity contribution in [3.63, 3.8) is 0 Å². The van der Waals surface area contributed by atoms with Gasteiger partial charge in [-0.2, -0.15) is 0 Å². The van der Waals surface area contributed by atoms with E-state index in [9.17, 15) is 4.79 Å². The van der Waals surface area contributed by atoms with Gasteiger partial charge in [0, 0.05) is 6.20 Å². The number of nitrogens with two attached hydrogens (primary N) is 1. The number of aromatic nitrogens is 4. The van der Waals surface area contributed by atoms with Crippen LogP contribution in [0.3, 0.4) is 0 Å². The molecule has 0 aliphatic carbocycles. The molecular formula is C7H6BrN5OS. The predicted molar refractivity (Wildman–Crippen MR) is 59.6 cm³/mol. The van der Waals surface area contributed by atoms with Crippen LogP contribution in [-0.2, 0) is 6.54 Å². The summed E-state index contributed by atoms with van der Waals surface area (Å²) in [6.45, 7) is 0.333. The second-order valence-corrected chi connectivity index (χ2v) is 4.66. The van der Waals surface area contributed by atoms with Gasteiger partial charge in [0.2, 0.25) is 5.13 Å². The quantitative estimate of drug-likeness (QED) is 0.869. The molecule has 2 heterocycles. The van der Waals surface area contributed by atoms with E-state index in [1.165, 1.54) is 28.4 Å². The van der Waals surface area contributed by atoms with Gasteiger partial charge in [-0.05, 0) is 15.9 Å². The molecule has 0 saturated heterocycles. The summed E-state index contributed by atoms with van der Waals surface area (Å²) in [5.74, 6) is 0. The lowest BCUT2D eigenvalue weighted by Crippen LogP contribution is -2.21.